The molecular formula is C18H32N4. The summed E-state index contributed by atoms with van der Waals surface area (Å²) >= 11 is 0. The van der Waals surface area contributed by atoms with Gasteiger partial charge in [-0.2, -0.15) is 0 Å². The number of aromatic nitrogens is 1. The molecule has 0 aromatic carbocycles. The highest BCUT2D eigenvalue weighted by Crippen LogP contribution is 2.22. The van der Waals surface area contributed by atoms with Crippen molar-refractivity contribution in [1.82, 2.24) is 15.6 Å². The number of nitrogens with one attached hydrogen (secondary N) is 2. The average molecular weight is 304 g/mol. The molecule has 0 fully saturated rings. The number of rotatable bonds is 9. The van der Waals surface area contributed by atoms with Gasteiger partial charge in [0.05, 0.1) is 12.2 Å². The van der Waals surface area contributed by atoms with E-state index in [0.29, 0.717) is 6.54 Å². The Bertz CT molecular complexity index is 426. The number of guanidine groups is 1. The Morgan fingerprint density at radius 3 is 2.64 bits per heavy atom. The summed E-state index contributed by atoms with van der Waals surface area (Å²) in [6.45, 7) is 11.4. The van der Waals surface area contributed by atoms with Crippen molar-refractivity contribution in [3.63, 3.8) is 0 Å². The first kappa shape index (κ1) is 18.5. The zero-order chi connectivity index (χ0) is 16.3. The van der Waals surface area contributed by atoms with Gasteiger partial charge in [-0.15, -0.1) is 0 Å². The average Bonchev–Trinajstić information content (AvgIpc) is 2.51. The molecule has 1 heterocycles. The summed E-state index contributed by atoms with van der Waals surface area (Å²) in [5.41, 5.74) is 1.28. The van der Waals surface area contributed by atoms with E-state index in [1.165, 1.54) is 25.7 Å². The molecule has 0 spiro atoms. The van der Waals surface area contributed by atoms with E-state index in [1.807, 2.05) is 24.4 Å². The quantitative estimate of drug-likeness (QED) is 0.415. The lowest BCUT2D eigenvalue weighted by molar-refractivity contribution is 0.318. The fraction of sp³-hybridized carbons (Fsp3) is 0.667. The molecule has 1 rings (SSSR count). The molecule has 0 aliphatic heterocycles. The van der Waals surface area contributed by atoms with E-state index in [-0.39, 0.29) is 5.41 Å². The Hall–Kier alpha value is -1.58. The van der Waals surface area contributed by atoms with Crippen LogP contribution in [0.15, 0.2) is 29.4 Å². The van der Waals surface area contributed by atoms with Crippen LogP contribution in [-0.2, 0) is 6.54 Å². The Morgan fingerprint density at radius 2 is 2.00 bits per heavy atom. The summed E-state index contributed by atoms with van der Waals surface area (Å²) in [6, 6.07) is 5.92. The van der Waals surface area contributed by atoms with Crippen LogP contribution in [0.25, 0.3) is 0 Å². The summed E-state index contributed by atoms with van der Waals surface area (Å²) in [5, 5.41) is 6.77. The van der Waals surface area contributed by atoms with Crippen molar-refractivity contribution in [3.05, 3.63) is 30.1 Å². The Morgan fingerprint density at radius 1 is 1.18 bits per heavy atom. The molecule has 0 radical (unpaired) electrons. The first-order chi connectivity index (χ1) is 10.6. The lowest BCUT2D eigenvalue weighted by Gasteiger charge is -2.26. The molecule has 1 aromatic heterocycles. The van der Waals surface area contributed by atoms with Crippen LogP contribution in [-0.4, -0.2) is 24.0 Å². The largest absolute Gasteiger partial charge is 0.357 e. The zero-order valence-electron chi connectivity index (χ0n) is 14.7. The maximum atomic E-state index is 4.62. The van der Waals surface area contributed by atoms with E-state index >= 15 is 0 Å². The summed E-state index contributed by atoms with van der Waals surface area (Å²) in [5.74, 6) is 0.872. The molecule has 4 heteroatoms. The van der Waals surface area contributed by atoms with Gasteiger partial charge in [-0.1, -0.05) is 46.1 Å². The lowest BCUT2D eigenvalue weighted by atomic mass is 9.87. The second kappa shape index (κ2) is 10.2. The number of unbranched alkanes of at least 4 members (excludes halogenated alkanes) is 2. The molecule has 0 unspecified atom stereocenters. The van der Waals surface area contributed by atoms with Crippen LogP contribution in [0.4, 0.5) is 0 Å². The SMILES string of the molecule is CCCCCC(C)(C)CNC(=NCc1ccccn1)NCC. The van der Waals surface area contributed by atoms with Crippen molar-refractivity contribution in [1.29, 1.82) is 0 Å². The van der Waals surface area contributed by atoms with Gasteiger partial charge < -0.3 is 10.6 Å². The molecule has 0 atom stereocenters. The molecule has 2 N–H and O–H groups in total. The molecule has 1 aromatic rings. The predicted molar refractivity (Wildman–Crippen MR) is 95.0 cm³/mol. The molecule has 0 aliphatic rings. The molecule has 4 nitrogen and oxygen atoms in total. The van der Waals surface area contributed by atoms with Crippen LogP contribution in [0, 0.1) is 5.41 Å². The third kappa shape index (κ3) is 8.01. The van der Waals surface area contributed by atoms with Crippen LogP contribution in [0.1, 0.15) is 59.1 Å². The highest BCUT2D eigenvalue weighted by Gasteiger charge is 2.17. The smallest absolute Gasteiger partial charge is 0.191 e. The van der Waals surface area contributed by atoms with Crippen molar-refractivity contribution >= 4 is 5.96 Å². The van der Waals surface area contributed by atoms with Crippen LogP contribution in [0.3, 0.4) is 0 Å². The van der Waals surface area contributed by atoms with Crippen LogP contribution < -0.4 is 10.6 Å². The van der Waals surface area contributed by atoms with Gasteiger partial charge in [0.25, 0.3) is 0 Å². The van der Waals surface area contributed by atoms with Crippen LogP contribution in [0.5, 0.6) is 0 Å². The number of aliphatic imine (C=N–C) groups is 1. The number of hydrogen-bond donors (Lipinski definition) is 2. The van der Waals surface area contributed by atoms with Gasteiger partial charge in [-0.3, -0.25) is 4.98 Å². The maximum absolute atomic E-state index is 4.62. The summed E-state index contributed by atoms with van der Waals surface area (Å²) in [7, 11) is 0. The minimum absolute atomic E-state index is 0.288. The predicted octanol–water partition coefficient (Wildman–Crippen LogP) is 3.74. The third-order valence-electron chi connectivity index (χ3n) is 3.66. The van der Waals surface area contributed by atoms with Crippen molar-refractivity contribution in [3.8, 4) is 0 Å². The summed E-state index contributed by atoms with van der Waals surface area (Å²) < 4.78 is 0. The van der Waals surface area contributed by atoms with Gasteiger partial charge in [0.2, 0.25) is 0 Å². The highest BCUT2D eigenvalue weighted by molar-refractivity contribution is 5.79. The standard InChI is InChI=1S/C18H32N4/c1-5-7-9-12-18(3,4)15-22-17(19-6-2)21-14-16-11-8-10-13-20-16/h8,10-11,13H,5-7,9,12,14-15H2,1-4H3,(H2,19,21,22). The molecule has 0 bridgehead atoms. The van der Waals surface area contributed by atoms with E-state index in [0.717, 1.165) is 24.7 Å². The van der Waals surface area contributed by atoms with E-state index in [9.17, 15) is 0 Å². The summed E-state index contributed by atoms with van der Waals surface area (Å²) in [6.07, 6.45) is 6.94. The molecule has 22 heavy (non-hydrogen) atoms. The number of nitrogens with zero attached hydrogens (tertiary/aromatic N) is 2. The van der Waals surface area contributed by atoms with E-state index in [4.69, 9.17) is 0 Å². The minimum Gasteiger partial charge on any atom is -0.357 e. The minimum atomic E-state index is 0.288. The Labute approximate surface area is 135 Å². The molecule has 124 valence electrons. The molecule has 0 amide bonds. The molecule has 0 saturated carbocycles. The first-order valence-electron chi connectivity index (χ1n) is 8.49. The van der Waals surface area contributed by atoms with Crippen molar-refractivity contribution < 1.29 is 0 Å². The molecule has 0 aliphatic carbocycles. The van der Waals surface area contributed by atoms with Crippen molar-refractivity contribution in [2.45, 2.75) is 59.9 Å². The second-order valence-electron chi connectivity index (χ2n) is 6.49. The van der Waals surface area contributed by atoms with Crippen molar-refractivity contribution in [2.24, 2.45) is 10.4 Å². The normalized spacial score (nSPS) is 12.3. The van der Waals surface area contributed by atoms with Gasteiger partial charge >= 0.3 is 0 Å². The fourth-order valence-corrected chi connectivity index (χ4v) is 2.26. The highest BCUT2D eigenvalue weighted by atomic mass is 15.2. The first-order valence-corrected chi connectivity index (χ1v) is 8.49. The van der Waals surface area contributed by atoms with Crippen molar-refractivity contribution in [2.75, 3.05) is 13.1 Å². The third-order valence-corrected chi connectivity index (χ3v) is 3.66. The Balaban J connectivity index is 2.49. The lowest BCUT2D eigenvalue weighted by Crippen LogP contribution is -2.42. The Kier molecular flexibility index (Phi) is 8.56. The number of pyridine rings is 1. The van der Waals surface area contributed by atoms with Gasteiger partial charge in [0, 0.05) is 19.3 Å². The second-order valence-corrected chi connectivity index (χ2v) is 6.49. The fourth-order valence-electron chi connectivity index (χ4n) is 2.26. The molecule has 0 saturated heterocycles. The van der Waals surface area contributed by atoms with Crippen LogP contribution >= 0.6 is 0 Å². The van der Waals surface area contributed by atoms with Crippen LogP contribution in [0.2, 0.25) is 0 Å². The topological polar surface area (TPSA) is 49.3 Å². The maximum Gasteiger partial charge on any atom is 0.191 e. The monoisotopic (exact) mass is 304 g/mol. The van der Waals surface area contributed by atoms with Gasteiger partial charge in [0.15, 0.2) is 5.96 Å². The zero-order valence-corrected chi connectivity index (χ0v) is 14.7. The van der Waals surface area contributed by atoms with E-state index in [1.54, 1.807) is 0 Å². The van der Waals surface area contributed by atoms with Gasteiger partial charge in [-0.05, 0) is 30.9 Å². The van der Waals surface area contributed by atoms with E-state index in [2.05, 4.69) is 48.3 Å². The molecular weight excluding hydrogens is 272 g/mol. The number of hydrogen-bond acceptors (Lipinski definition) is 2. The van der Waals surface area contributed by atoms with E-state index < -0.39 is 0 Å². The summed E-state index contributed by atoms with van der Waals surface area (Å²) in [4.78, 5) is 8.92. The van der Waals surface area contributed by atoms with Gasteiger partial charge in [0.1, 0.15) is 0 Å². The van der Waals surface area contributed by atoms with Gasteiger partial charge in [-0.25, -0.2) is 4.99 Å².